The maximum absolute atomic E-state index is 12.0. The summed E-state index contributed by atoms with van der Waals surface area (Å²) in [6, 6.07) is 0. The minimum absolute atomic E-state index is 0.0168. The zero-order chi connectivity index (χ0) is 10.8. The van der Waals surface area contributed by atoms with E-state index in [2.05, 4.69) is 14.7 Å². The lowest BCUT2D eigenvalue weighted by Crippen LogP contribution is -2.31. The molecule has 0 radical (unpaired) electrons. The first-order valence-corrected chi connectivity index (χ1v) is 3.98. The van der Waals surface area contributed by atoms with Crippen molar-refractivity contribution in [3.8, 4) is 5.88 Å². The van der Waals surface area contributed by atoms with Crippen LogP contribution < -0.4 is 4.74 Å². The molecule has 78 valence electrons. The quantitative estimate of drug-likeness (QED) is 0.777. The average molecular weight is 227 g/mol. The first-order chi connectivity index (χ1) is 6.39. The molecule has 14 heavy (non-hydrogen) atoms. The van der Waals surface area contributed by atoms with Gasteiger partial charge in [0, 0.05) is 0 Å². The van der Waals surface area contributed by atoms with Gasteiger partial charge in [-0.2, -0.15) is 18.2 Å². The van der Waals surface area contributed by atoms with Crippen molar-refractivity contribution in [2.24, 2.45) is 0 Å². The molecule has 1 aromatic rings. The van der Waals surface area contributed by atoms with E-state index < -0.39 is 12.3 Å². The van der Waals surface area contributed by atoms with Gasteiger partial charge in [0.05, 0.1) is 12.4 Å². The van der Waals surface area contributed by atoms with Crippen LogP contribution in [0, 0.1) is 0 Å². The Hall–Kier alpha value is -1.04. The summed E-state index contributed by atoms with van der Waals surface area (Å²) < 4.78 is 40.6. The van der Waals surface area contributed by atoms with Crippen LogP contribution in [0.5, 0.6) is 5.88 Å². The molecule has 0 fully saturated rings. The standard InChI is InChI=1S/C7H6ClF3N2O/c1-4(7(9,10)11)14-6-3-12-2-5(8)13-6/h2-4H,1H3. The van der Waals surface area contributed by atoms with E-state index in [1.165, 1.54) is 6.20 Å². The van der Waals surface area contributed by atoms with E-state index in [9.17, 15) is 13.2 Å². The first kappa shape index (κ1) is 11.0. The SMILES string of the molecule is CC(Oc1cncc(Cl)n1)C(F)(F)F. The second-order valence-electron chi connectivity index (χ2n) is 2.48. The average Bonchev–Trinajstić information content (AvgIpc) is 2.02. The van der Waals surface area contributed by atoms with Gasteiger partial charge < -0.3 is 4.74 Å². The molecule has 1 aromatic heterocycles. The van der Waals surface area contributed by atoms with Crippen LogP contribution in [-0.2, 0) is 0 Å². The number of ether oxygens (including phenoxy) is 1. The molecule has 7 heteroatoms. The summed E-state index contributed by atoms with van der Waals surface area (Å²) >= 11 is 5.41. The lowest BCUT2D eigenvalue weighted by atomic mass is 10.4. The van der Waals surface area contributed by atoms with E-state index in [0.717, 1.165) is 13.1 Å². The zero-order valence-corrected chi connectivity index (χ0v) is 7.80. The maximum Gasteiger partial charge on any atom is 0.425 e. The molecule has 0 spiro atoms. The van der Waals surface area contributed by atoms with Gasteiger partial charge in [0.1, 0.15) is 0 Å². The Kier molecular flexibility index (Phi) is 3.15. The molecule has 1 rings (SSSR count). The third-order valence-electron chi connectivity index (χ3n) is 1.34. The summed E-state index contributed by atoms with van der Waals surface area (Å²) in [6.07, 6.45) is -4.10. The Morgan fingerprint density at radius 2 is 2.07 bits per heavy atom. The number of halogens is 4. The number of rotatable bonds is 2. The van der Waals surface area contributed by atoms with Gasteiger partial charge in [0.25, 0.3) is 0 Å². The number of alkyl halides is 3. The first-order valence-electron chi connectivity index (χ1n) is 3.60. The molecule has 0 aromatic carbocycles. The molecule has 1 atom stereocenters. The highest BCUT2D eigenvalue weighted by molar-refractivity contribution is 6.29. The van der Waals surface area contributed by atoms with E-state index >= 15 is 0 Å². The van der Waals surface area contributed by atoms with Crippen LogP contribution in [0.25, 0.3) is 0 Å². The Morgan fingerprint density at radius 1 is 1.43 bits per heavy atom. The predicted molar refractivity (Wildman–Crippen MR) is 43.2 cm³/mol. The zero-order valence-electron chi connectivity index (χ0n) is 7.05. The minimum atomic E-state index is -4.43. The lowest BCUT2D eigenvalue weighted by molar-refractivity contribution is -0.190. The third kappa shape index (κ3) is 3.02. The van der Waals surface area contributed by atoms with Gasteiger partial charge in [-0.15, -0.1) is 0 Å². The molecule has 0 saturated heterocycles. The molecule has 0 saturated carbocycles. The van der Waals surface area contributed by atoms with Crippen LogP contribution in [0.3, 0.4) is 0 Å². The molecule has 1 heterocycles. The maximum atomic E-state index is 12.0. The summed E-state index contributed by atoms with van der Waals surface area (Å²) in [5.74, 6) is -0.248. The molecule has 0 aliphatic rings. The fraction of sp³-hybridized carbons (Fsp3) is 0.429. The van der Waals surface area contributed by atoms with Crippen molar-refractivity contribution in [2.75, 3.05) is 0 Å². The number of hydrogen-bond donors (Lipinski definition) is 0. The van der Waals surface area contributed by atoms with E-state index in [1.54, 1.807) is 0 Å². The Morgan fingerprint density at radius 3 is 2.57 bits per heavy atom. The Bertz CT molecular complexity index is 318. The summed E-state index contributed by atoms with van der Waals surface area (Å²) in [7, 11) is 0. The smallest absolute Gasteiger partial charge is 0.425 e. The number of aromatic nitrogens is 2. The molecule has 0 bridgehead atoms. The van der Waals surface area contributed by atoms with Crippen molar-refractivity contribution >= 4 is 11.6 Å². The van der Waals surface area contributed by atoms with Gasteiger partial charge in [-0.05, 0) is 6.92 Å². The molecule has 1 unspecified atom stereocenters. The van der Waals surface area contributed by atoms with Crippen LogP contribution in [0.1, 0.15) is 6.92 Å². The highest BCUT2D eigenvalue weighted by Crippen LogP contribution is 2.23. The van der Waals surface area contributed by atoms with Gasteiger partial charge in [0.2, 0.25) is 5.88 Å². The van der Waals surface area contributed by atoms with E-state index in [1.807, 2.05) is 0 Å². The highest BCUT2D eigenvalue weighted by Gasteiger charge is 2.38. The van der Waals surface area contributed by atoms with Crippen LogP contribution in [0.2, 0.25) is 5.15 Å². The molecule has 0 N–H and O–H groups in total. The largest absolute Gasteiger partial charge is 0.464 e. The fourth-order valence-corrected chi connectivity index (χ4v) is 0.770. The number of hydrogen-bond acceptors (Lipinski definition) is 3. The summed E-state index contributed by atoms with van der Waals surface area (Å²) in [5, 5.41) is -0.0168. The molecular formula is C7H6ClF3N2O. The summed E-state index contributed by atoms with van der Waals surface area (Å²) in [5.41, 5.74) is 0. The van der Waals surface area contributed by atoms with Gasteiger partial charge in [-0.25, -0.2) is 0 Å². The molecule has 0 aliphatic carbocycles. The van der Waals surface area contributed by atoms with Crippen molar-refractivity contribution in [3.63, 3.8) is 0 Å². The van der Waals surface area contributed by atoms with Gasteiger partial charge in [-0.1, -0.05) is 11.6 Å². The van der Waals surface area contributed by atoms with Crippen molar-refractivity contribution in [3.05, 3.63) is 17.5 Å². The highest BCUT2D eigenvalue weighted by atomic mass is 35.5. The monoisotopic (exact) mass is 226 g/mol. The molecule has 0 amide bonds. The van der Waals surface area contributed by atoms with Gasteiger partial charge >= 0.3 is 6.18 Å². The van der Waals surface area contributed by atoms with Crippen molar-refractivity contribution < 1.29 is 17.9 Å². The fourth-order valence-electron chi connectivity index (χ4n) is 0.630. The van der Waals surface area contributed by atoms with Crippen molar-refractivity contribution in [2.45, 2.75) is 19.2 Å². The molecule has 3 nitrogen and oxygen atoms in total. The Labute approximate surface area is 82.9 Å². The van der Waals surface area contributed by atoms with E-state index in [-0.39, 0.29) is 11.0 Å². The third-order valence-corrected chi connectivity index (χ3v) is 1.52. The van der Waals surface area contributed by atoms with Crippen molar-refractivity contribution in [1.29, 1.82) is 0 Å². The Balaban J connectivity index is 2.70. The second kappa shape index (κ2) is 4.00. The van der Waals surface area contributed by atoms with Crippen LogP contribution in [0.4, 0.5) is 13.2 Å². The van der Waals surface area contributed by atoms with Crippen LogP contribution >= 0.6 is 11.6 Å². The second-order valence-corrected chi connectivity index (χ2v) is 2.87. The van der Waals surface area contributed by atoms with Crippen LogP contribution in [-0.4, -0.2) is 22.2 Å². The normalized spacial score (nSPS) is 13.8. The predicted octanol–water partition coefficient (Wildman–Crippen LogP) is 2.46. The van der Waals surface area contributed by atoms with E-state index in [0.29, 0.717) is 0 Å². The topological polar surface area (TPSA) is 35.0 Å². The van der Waals surface area contributed by atoms with Crippen molar-refractivity contribution in [1.82, 2.24) is 9.97 Å². The summed E-state index contributed by atoms with van der Waals surface area (Å²) in [4.78, 5) is 7.04. The van der Waals surface area contributed by atoms with Gasteiger partial charge in [-0.3, -0.25) is 4.98 Å². The molecular weight excluding hydrogens is 221 g/mol. The summed E-state index contributed by atoms with van der Waals surface area (Å²) in [6.45, 7) is 0.878. The number of nitrogens with zero attached hydrogens (tertiary/aromatic N) is 2. The lowest BCUT2D eigenvalue weighted by Gasteiger charge is -2.16. The van der Waals surface area contributed by atoms with Gasteiger partial charge in [0.15, 0.2) is 11.3 Å². The minimum Gasteiger partial charge on any atom is -0.464 e. The van der Waals surface area contributed by atoms with Crippen LogP contribution in [0.15, 0.2) is 12.4 Å². The van der Waals surface area contributed by atoms with E-state index in [4.69, 9.17) is 11.6 Å². The molecule has 0 aliphatic heterocycles.